The van der Waals surface area contributed by atoms with Crippen molar-refractivity contribution in [3.63, 3.8) is 0 Å². The molecule has 0 aliphatic heterocycles. The second-order valence-electron chi connectivity index (χ2n) is 5.40. The summed E-state index contributed by atoms with van der Waals surface area (Å²) in [4.78, 5) is 6.04. The number of hydrogen-bond donors (Lipinski definition) is 1. The highest BCUT2D eigenvalue weighted by atomic mass is 35.5. The average molecular weight is 307 g/mol. The van der Waals surface area contributed by atoms with Crippen LogP contribution < -0.4 is 5.32 Å². The van der Waals surface area contributed by atoms with Crippen LogP contribution in [-0.2, 0) is 6.54 Å². The minimum absolute atomic E-state index is 0.704. The van der Waals surface area contributed by atoms with Crippen LogP contribution in [0.5, 0.6) is 0 Å². The minimum Gasteiger partial charge on any atom is -0.309 e. The van der Waals surface area contributed by atoms with Gasteiger partial charge in [0.1, 0.15) is 5.01 Å². The summed E-state index contributed by atoms with van der Waals surface area (Å²) in [6.07, 6.45) is 5.38. The molecule has 0 atom stereocenters. The molecule has 1 aromatic heterocycles. The summed E-state index contributed by atoms with van der Waals surface area (Å²) < 4.78 is 0. The van der Waals surface area contributed by atoms with Gasteiger partial charge >= 0.3 is 0 Å². The maximum Gasteiger partial charge on any atom is 0.123 e. The molecule has 106 valence electrons. The molecule has 1 N–H and O–H groups in total. The molecule has 0 radical (unpaired) electrons. The van der Waals surface area contributed by atoms with E-state index < -0.39 is 0 Å². The number of hydrogen-bond acceptors (Lipinski definition) is 3. The number of nitrogens with zero attached hydrogens (tertiary/aromatic N) is 1. The van der Waals surface area contributed by atoms with Gasteiger partial charge in [-0.1, -0.05) is 36.6 Å². The van der Waals surface area contributed by atoms with E-state index in [9.17, 15) is 0 Å². The highest BCUT2D eigenvalue weighted by Crippen LogP contribution is 2.29. The average Bonchev–Trinajstić information content (AvgIpc) is 3.07. The summed E-state index contributed by atoms with van der Waals surface area (Å²) in [5.41, 5.74) is 2.29. The van der Waals surface area contributed by atoms with Crippen molar-refractivity contribution in [1.29, 1.82) is 0 Å². The third-order valence-corrected chi connectivity index (χ3v) is 5.35. The number of thiazole rings is 1. The van der Waals surface area contributed by atoms with Gasteiger partial charge in [-0.15, -0.1) is 11.3 Å². The number of aromatic nitrogens is 1. The van der Waals surface area contributed by atoms with Crippen LogP contribution in [0.25, 0.3) is 10.6 Å². The van der Waals surface area contributed by atoms with Gasteiger partial charge < -0.3 is 5.32 Å². The van der Waals surface area contributed by atoms with Crippen LogP contribution in [-0.4, -0.2) is 11.0 Å². The molecule has 1 aromatic carbocycles. The first-order chi connectivity index (χ1) is 9.72. The highest BCUT2D eigenvalue weighted by molar-refractivity contribution is 7.15. The molecule has 0 unspecified atom stereocenters. The van der Waals surface area contributed by atoms with Crippen molar-refractivity contribution in [2.75, 3.05) is 0 Å². The Labute approximate surface area is 129 Å². The van der Waals surface area contributed by atoms with Gasteiger partial charge in [-0.05, 0) is 31.9 Å². The van der Waals surface area contributed by atoms with E-state index >= 15 is 0 Å². The Morgan fingerprint density at radius 3 is 2.65 bits per heavy atom. The molecule has 20 heavy (non-hydrogen) atoms. The van der Waals surface area contributed by atoms with Crippen LogP contribution in [0.15, 0.2) is 24.3 Å². The van der Waals surface area contributed by atoms with Crippen LogP contribution in [0.1, 0.15) is 36.3 Å². The zero-order valence-corrected chi connectivity index (χ0v) is 13.2. The molecule has 1 heterocycles. The summed E-state index contributed by atoms with van der Waals surface area (Å²) >= 11 is 7.72. The third-order valence-electron chi connectivity index (χ3n) is 3.89. The fourth-order valence-electron chi connectivity index (χ4n) is 2.67. The molecule has 1 aliphatic rings. The number of benzene rings is 1. The van der Waals surface area contributed by atoms with Crippen molar-refractivity contribution in [3.05, 3.63) is 39.9 Å². The first kappa shape index (κ1) is 14.1. The van der Waals surface area contributed by atoms with E-state index in [0.717, 1.165) is 27.8 Å². The maximum atomic E-state index is 5.93. The lowest BCUT2D eigenvalue weighted by molar-refractivity contribution is 0.526. The summed E-state index contributed by atoms with van der Waals surface area (Å²) in [5, 5.41) is 5.52. The van der Waals surface area contributed by atoms with E-state index in [2.05, 4.69) is 12.2 Å². The van der Waals surface area contributed by atoms with Crippen molar-refractivity contribution in [3.8, 4) is 10.6 Å². The van der Waals surface area contributed by atoms with Crippen molar-refractivity contribution in [2.45, 2.75) is 45.2 Å². The van der Waals surface area contributed by atoms with Gasteiger partial charge in [0.25, 0.3) is 0 Å². The second kappa shape index (κ2) is 6.25. The Bertz CT molecular complexity index is 571. The molecule has 2 aromatic rings. The monoisotopic (exact) mass is 306 g/mol. The number of nitrogens with one attached hydrogen (secondary N) is 1. The molecule has 3 rings (SSSR count). The number of rotatable bonds is 4. The van der Waals surface area contributed by atoms with Gasteiger partial charge in [0.2, 0.25) is 0 Å². The van der Waals surface area contributed by atoms with Gasteiger partial charge in [-0.3, -0.25) is 0 Å². The molecule has 0 bridgehead atoms. The predicted octanol–water partition coefficient (Wildman–Crippen LogP) is 4.80. The van der Waals surface area contributed by atoms with Gasteiger partial charge in [-0.2, -0.15) is 0 Å². The summed E-state index contributed by atoms with van der Waals surface area (Å²) in [6.45, 7) is 3.04. The van der Waals surface area contributed by atoms with E-state index in [1.54, 1.807) is 11.3 Å². The molecular formula is C16H19ClN2S. The zero-order valence-electron chi connectivity index (χ0n) is 11.7. The van der Waals surface area contributed by atoms with Gasteiger partial charge in [0.05, 0.1) is 5.69 Å². The van der Waals surface area contributed by atoms with Crippen LogP contribution in [0.4, 0.5) is 0 Å². The van der Waals surface area contributed by atoms with Crippen molar-refractivity contribution in [1.82, 2.24) is 10.3 Å². The predicted molar refractivity (Wildman–Crippen MR) is 86.4 cm³/mol. The van der Waals surface area contributed by atoms with E-state index in [4.69, 9.17) is 16.6 Å². The Balaban J connectivity index is 1.71. The standard InChI is InChI=1S/C16H19ClN2S/c1-11-15(10-18-14-4-2-3-5-14)20-16(19-11)12-6-8-13(17)9-7-12/h6-9,14,18H,2-5,10H2,1H3. The number of aryl methyl sites for hydroxylation is 1. The first-order valence-corrected chi connectivity index (χ1v) is 8.37. The smallest absolute Gasteiger partial charge is 0.123 e. The van der Waals surface area contributed by atoms with Crippen molar-refractivity contribution < 1.29 is 0 Å². The lowest BCUT2D eigenvalue weighted by Crippen LogP contribution is -2.25. The van der Waals surface area contributed by atoms with Crippen LogP contribution >= 0.6 is 22.9 Å². The largest absolute Gasteiger partial charge is 0.309 e. The highest BCUT2D eigenvalue weighted by Gasteiger charge is 2.16. The normalized spacial score (nSPS) is 15.9. The van der Waals surface area contributed by atoms with Crippen LogP contribution in [0, 0.1) is 6.92 Å². The van der Waals surface area contributed by atoms with Crippen LogP contribution in [0.3, 0.4) is 0 Å². The first-order valence-electron chi connectivity index (χ1n) is 7.18. The molecule has 4 heteroatoms. The van der Waals surface area contributed by atoms with Crippen LogP contribution in [0.2, 0.25) is 5.02 Å². The van der Waals surface area contributed by atoms with Crippen molar-refractivity contribution in [2.24, 2.45) is 0 Å². The molecule has 1 saturated carbocycles. The Kier molecular flexibility index (Phi) is 4.39. The Morgan fingerprint density at radius 2 is 1.95 bits per heavy atom. The molecule has 0 saturated heterocycles. The SMILES string of the molecule is Cc1nc(-c2ccc(Cl)cc2)sc1CNC1CCCC1. The zero-order chi connectivity index (χ0) is 13.9. The molecule has 1 aliphatic carbocycles. The summed E-state index contributed by atoms with van der Waals surface area (Å²) in [6, 6.07) is 8.62. The fourth-order valence-corrected chi connectivity index (χ4v) is 3.82. The Morgan fingerprint density at radius 1 is 1.25 bits per heavy atom. The van der Waals surface area contributed by atoms with Crippen molar-refractivity contribution >= 4 is 22.9 Å². The maximum absolute atomic E-state index is 5.93. The molecule has 0 amide bonds. The number of halogens is 1. The third kappa shape index (κ3) is 3.22. The lowest BCUT2D eigenvalue weighted by Gasteiger charge is -2.10. The van der Waals surface area contributed by atoms with Gasteiger partial charge in [-0.25, -0.2) is 4.98 Å². The molecule has 2 nitrogen and oxygen atoms in total. The lowest BCUT2D eigenvalue weighted by atomic mass is 10.2. The Hall–Kier alpha value is -0.900. The van der Waals surface area contributed by atoms with E-state index in [0.29, 0.717) is 6.04 Å². The van der Waals surface area contributed by atoms with E-state index in [1.807, 2.05) is 24.3 Å². The minimum atomic E-state index is 0.704. The molecular weight excluding hydrogens is 288 g/mol. The fraction of sp³-hybridized carbons (Fsp3) is 0.438. The second-order valence-corrected chi connectivity index (χ2v) is 6.92. The van der Waals surface area contributed by atoms with Gasteiger partial charge in [0.15, 0.2) is 0 Å². The summed E-state index contributed by atoms with van der Waals surface area (Å²) in [5.74, 6) is 0. The summed E-state index contributed by atoms with van der Waals surface area (Å²) in [7, 11) is 0. The van der Waals surface area contributed by atoms with E-state index in [-0.39, 0.29) is 0 Å². The van der Waals surface area contributed by atoms with Gasteiger partial charge in [0, 0.05) is 28.0 Å². The molecule has 0 spiro atoms. The quantitative estimate of drug-likeness (QED) is 0.877. The topological polar surface area (TPSA) is 24.9 Å². The molecule has 1 fully saturated rings. The van der Waals surface area contributed by atoms with E-state index in [1.165, 1.54) is 30.6 Å².